The third-order valence-electron chi connectivity index (χ3n) is 4.79. The fourth-order valence-corrected chi connectivity index (χ4v) is 5.49. The second-order valence-corrected chi connectivity index (χ2v) is 9.57. The molecule has 3 aromatic rings. The molecule has 0 spiro atoms. The van der Waals surface area contributed by atoms with Gasteiger partial charge < -0.3 is 9.08 Å². The summed E-state index contributed by atoms with van der Waals surface area (Å²) in [6.07, 6.45) is 2.16. The minimum atomic E-state index is -3.59. The highest BCUT2D eigenvalue weighted by molar-refractivity contribution is 7.87. The number of hydrogen-bond acceptors (Lipinski definition) is 6. The molecule has 1 aromatic heterocycles. The standard InChI is InChI=1S/C20H22N2O3S2/c23-27(24,25-17-8-2-1-3-9-17)14-13-22-12-6-7-16(15-22)20-21-18-10-4-5-11-19(18)26-20/h1-5,8-11,16H,6-7,12-15H2/t16-/m0/s1. The van der Waals surface area contributed by atoms with E-state index in [9.17, 15) is 8.42 Å². The Morgan fingerprint density at radius 3 is 2.70 bits per heavy atom. The highest BCUT2D eigenvalue weighted by Gasteiger charge is 2.25. The van der Waals surface area contributed by atoms with E-state index < -0.39 is 10.1 Å². The molecule has 2 heterocycles. The van der Waals surface area contributed by atoms with Crippen LogP contribution in [0, 0.1) is 0 Å². The zero-order chi connectivity index (χ0) is 18.7. The average Bonchev–Trinajstić information content (AvgIpc) is 3.12. The highest BCUT2D eigenvalue weighted by Crippen LogP contribution is 2.32. The van der Waals surface area contributed by atoms with Gasteiger partial charge >= 0.3 is 10.1 Å². The summed E-state index contributed by atoms with van der Waals surface area (Å²) in [5.41, 5.74) is 1.05. The minimum Gasteiger partial charge on any atom is -0.382 e. The molecule has 0 saturated carbocycles. The van der Waals surface area contributed by atoms with Crippen LogP contribution in [-0.4, -0.2) is 43.7 Å². The lowest BCUT2D eigenvalue weighted by Gasteiger charge is -2.31. The predicted octanol–water partition coefficient (Wildman–Crippen LogP) is 3.88. The van der Waals surface area contributed by atoms with Gasteiger partial charge in [0.15, 0.2) is 0 Å². The molecule has 7 heteroatoms. The fraction of sp³-hybridized carbons (Fsp3) is 0.350. The number of thiazole rings is 1. The summed E-state index contributed by atoms with van der Waals surface area (Å²) in [6, 6.07) is 16.9. The summed E-state index contributed by atoms with van der Waals surface area (Å²) in [6.45, 7) is 2.25. The number of benzene rings is 2. The lowest BCUT2D eigenvalue weighted by molar-refractivity contribution is 0.217. The first-order valence-corrected chi connectivity index (χ1v) is 11.5. The smallest absolute Gasteiger partial charge is 0.310 e. The second-order valence-electron chi connectivity index (χ2n) is 6.82. The third kappa shape index (κ3) is 4.66. The Morgan fingerprint density at radius 2 is 1.89 bits per heavy atom. The molecule has 2 aromatic carbocycles. The number of rotatable bonds is 6. The number of piperidine rings is 1. The van der Waals surface area contributed by atoms with Gasteiger partial charge in [0, 0.05) is 19.0 Å². The van der Waals surface area contributed by atoms with Crippen molar-refractivity contribution in [3.63, 3.8) is 0 Å². The third-order valence-corrected chi connectivity index (χ3v) is 7.12. The lowest BCUT2D eigenvalue weighted by atomic mass is 9.99. The molecule has 1 saturated heterocycles. The maximum atomic E-state index is 12.3. The largest absolute Gasteiger partial charge is 0.382 e. The Labute approximate surface area is 163 Å². The van der Waals surface area contributed by atoms with E-state index in [1.807, 2.05) is 24.3 Å². The number of aromatic nitrogens is 1. The molecule has 0 N–H and O–H groups in total. The normalized spacial score (nSPS) is 18.6. The maximum absolute atomic E-state index is 12.3. The first-order valence-electron chi connectivity index (χ1n) is 9.14. The molecule has 4 rings (SSSR count). The molecule has 5 nitrogen and oxygen atoms in total. The number of para-hydroxylation sites is 2. The molecule has 142 valence electrons. The zero-order valence-electron chi connectivity index (χ0n) is 15.0. The van der Waals surface area contributed by atoms with E-state index in [-0.39, 0.29) is 5.75 Å². The Morgan fingerprint density at radius 1 is 1.11 bits per heavy atom. The van der Waals surface area contributed by atoms with E-state index in [1.165, 1.54) is 4.70 Å². The van der Waals surface area contributed by atoms with Crippen molar-refractivity contribution in [2.45, 2.75) is 18.8 Å². The van der Waals surface area contributed by atoms with Gasteiger partial charge in [-0.2, -0.15) is 8.42 Å². The van der Waals surface area contributed by atoms with E-state index in [2.05, 4.69) is 11.0 Å². The van der Waals surface area contributed by atoms with Gasteiger partial charge in [-0.15, -0.1) is 11.3 Å². The van der Waals surface area contributed by atoms with Crippen LogP contribution >= 0.6 is 11.3 Å². The molecule has 1 fully saturated rings. The first-order chi connectivity index (χ1) is 13.1. The molecule has 1 atom stereocenters. The van der Waals surface area contributed by atoms with Gasteiger partial charge in [-0.05, 0) is 43.7 Å². The summed E-state index contributed by atoms with van der Waals surface area (Å²) in [5, 5.41) is 1.16. The molecule has 0 aliphatic carbocycles. The van der Waals surface area contributed by atoms with E-state index in [1.54, 1.807) is 35.6 Å². The number of likely N-dealkylation sites (tertiary alicyclic amines) is 1. The number of hydrogen-bond donors (Lipinski definition) is 0. The Bertz CT molecular complexity index is 969. The predicted molar refractivity (Wildman–Crippen MR) is 109 cm³/mol. The first kappa shape index (κ1) is 18.4. The van der Waals surface area contributed by atoms with Crippen molar-refractivity contribution in [1.29, 1.82) is 0 Å². The van der Waals surface area contributed by atoms with Gasteiger partial charge in [0.2, 0.25) is 0 Å². The monoisotopic (exact) mass is 402 g/mol. The van der Waals surface area contributed by atoms with Crippen LogP contribution in [0.2, 0.25) is 0 Å². The van der Waals surface area contributed by atoms with E-state index in [0.717, 1.165) is 36.5 Å². The van der Waals surface area contributed by atoms with Crippen LogP contribution in [0.15, 0.2) is 54.6 Å². The van der Waals surface area contributed by atoms with Crippen molar-refractivity contribution in [2.24, 2.45) is 0 Å². The average molecular weight is 403 g/mol. The Kier molecular flexibility index (Phi) is 5.43. The van der Waals surface area contributed by atoms with Gasteiger partial charge in [-0.1, -0.05) is 30.3 Å². The Balaban J connectivity index is 1.37. The zero-order valence-corrected chi connectivity index (χ0v) is 16.6. The van der Waals surface area contributed by atoms with Gasteiger partial charge in [-0.3, -0.25) is 0 Å². The van der Waals surface area contributed by atoms with Crippen LogP contribution in [0.5, 0.6) is 5.75 Å². The van der Waals surface area contributed by atoms with Crippen LogP contribution in [0.1, 0.15) is 23.8 Å². The molecule has 0 unspecified atom stereocenters. The molecule has 0 radical (unpaired) electrons. The van der Waals surface area contributed by atoms with Crippen LogP contribution in [0.4, 0.5) is 0 Å². The second kappa shape index (κ2) is 7.96. The van der Waals surface area contributed by atoms with Crippen LogP contribution in [0.3, 0.4) is 0 Å². The highest BCUT2D eigenvalue weighted by atomic mass is 32.2. The van der Waals surface area contributed by atoms with Gasteiger partial charge in [0.05, 0.1) is 21.0 Å². The van der Waals surface area contributed by atoms with Gasteiger partial charge in [0.25, 0.3) is 0 Å². The van der Waals surface area contributed by atoms with E-state index >= 15 is 0 Å². The van der Waals surface area contributed by atoms with Gasteiger partial charge in [-0.25, -0.2) is 4.98 Å². The van der Waals surface area contributed by atoms with E-state index in [4.69, 9.17) is 9.17 Å². The van der Waals surface area contributed by atoms with Gasteiger partial charge in [0.1, 0.15) is 5.75 Å². The summed E-state index contributed by atoms with van der Waals surface area (Å²) in [7, 11) is -3.59. The summed E-state index contributed by atoms with van der Waals surface area (Å²) in [5.74, 6) is 0.728. The van der Waals surface area contributed by atoms with Crippen molar-refractivity contribution in [2.75, 3.05) is 25.4 Å². The maximum Gasteiger partial charge on any atom is 0.310 e. The minimum absolute atomic E-state index is 0.00550. The number of nitrogens with zero attached hydrogens (tertiary/aromatic N) is 2. The Hall–Kier alpha value is -1.96. The molecule has 1 aliphatic heterocycles. The van der Waals surface area contributed by atoms with Crippen molar-refractivity contribution >= 4 is 31.7 Å². The number of fused-ring (bicyclic) bond motifs is 1. The molecule has 0 amide bonds. The molecule has 27 heavy (non-hydrogen) atoms. The van der Waals surface area contributed by atoms with Crippen LogP contribution in [-0.2, 0) is 10.1 Å². The topological polar surface area (TPSA) is 59.5 Å². The molecule has 1 aliphatic rings. The van der Waals surface area contributed by atoms with Crippen molar-refractivity contribution < 1.29 is 12.6 Å². The van der Waals surface area contributed by atoms with Crippen molar-refractivity contribution in [3.8, 4) is 5.75 Å². The molecular formula is C20H22N2O3S2. The van der Waals surface area contributed by atoms with Crippen LogP contribution < -0.4 is 4.18 Å². The van der Waals surface area contributed by atoms with Crippen LogP contribution in [0.25, 0.3) is 10.2 Å². The van der Waals surface area contributed by atoms with Crippen molar-refractivity contribution in [1.82, 2.24) is 9.88 Å². The summed E-state index contributed by atoms with van der Waals surface area (Å²) >= 11 is 1.75. The fourth-order valence-electron chi connectivity index (χ4n) is 3.43. The summed E-state index contributed by atoms with van der Waals surface area (Å²) < 4.78 is 30.9. The lowest BCUT2D eigenvalue weighted by Crippen LogP contribution is -2.38. The molecule has 0 bridgehead atoms. The van der Waals surface area contributed by atoms with Crippen molar-refractivity contribution in [3.05, 3.63) is 59.6 Å². The summed E-state index contributed by atoms with van der Waals surface area (Å²) in [4.78, 5) is 7.00. The SMILES string of the molecule is O=S(=O)(CCN1CCC[C@H](c2nc3ccccc3s2)C1)Oc1ccccc1. The quantitative estimate of drug-likeness (QED) is 0.586. The van der Waals surface area contributed by atoms with E-state index in [0.29, 0.717) is 18.2 Å². The molecular weight excluding hydrogens is 380 g/mol.